The number of nitrogens with zero attached hydrogens (tertiary/aromatic N) is 4. The van der Waals surface area contributed by atoms with Crippen LogP contribution < -0.4 is 5.32 Å². The molecule has 0 spiro atoms. The maximum absolute atomic E-state index is 13.8. The second kappa shape index (κ2) is 7.96. The van der Waals surface area contributed by atoms with E-state index < -0.39 is 5.82 Å². The van der Waals surface area contributed by atoms with E-state index in [0.717, 1.165) is 16.8 Å². The number of hydrogen-bond acceptors (Lipinski definition) is 5. The monoisotopic (exact) mass is 435 g/mol. The predicted molar refractivity (Wildman–Crippen MR) is 102 cm³/mol. The molecule has 1 N–H and O–H groups in total. The average Bonchev–Trinajstić information content (AvgIpc) is 3.04. The number of halogens is 2. The summed E-state index contributed by atoms with van der Waals surface area (Å²) in [7, 11) is 0. The first-order valence-corrected chi connectivity index (χ1v) is 9.46. The third kappa shape index (κ3) is 4.10. The highest BCUT2D eigenvalue weighted by atomic mass is 79.9. The molecule has 0 radical (unpaired) electrons. The Kier molecular flexibility index (Phi) is 5.67. The van der Waals surface area contributed by atoms with Crippen molar-refractivity contribution in [2.45, 2.75) is 19.0 Å². The Morgan fingerprint density at radius 2 is 2.00 bits per heavy atom. The molecule has 0 saturated carbocycles. The first-order valence-electron chi connectivity index (χ1n) is 7.68. The zero-order valence-electron chi connectivity index (χ0n) is 14.0. The number of benzene rings is 2. The highest BCUT2D eigenvalue weighted by Gasteiger charge is 2.15. The van der Waals surface area contributed by atoms with E-state index in [9.17, 15) is 9.18 Å². The van der Waals surface area contributed by atoms with E-state index in [1.54, 1.807) is 10.7 Å². The number of anilines is 1. The van der Waals surface area contributed by atoms with Gasteiger partial charge in [0.05, 0.1) is 17.1 Å². The molecule has 3 aromatic rings. The number of tetrazole rings is 1. The molecule has 0 aliphatic carbocycles. The molecule has 26 heavy (non-hydrogen) atoms. The van der Waals surface area contributed by atoms with Gasteiger partial charge in [-0.15, -0.1) is 5.10 Å². The summed E-state index contributed by atoms with van der Waals surface area (Å²) in [5.41, 5.74) is 3.08. The molecule has 1 aromatic heterocycles. The number of carbonyl (C=O) groups excluding carboxylic acids is 1. The number of aromatic nitrogens is 4. The van der Waals surface area contributed by atoms with Gasteiger partial charge in [0.25, 0.3) is 0 Å². The van der Waals surface area contributed by atoms with Gasteiger partial charge in [-0.05, 0) is 53.6 Å². The van der Waals surface area contributed by atoms with Crippen molar-refractivity contribution in [3.63, 3.8) is 0 Å². The van der Waals surface area contributed by atoms with Crippen LogP contribution in [0.15, 0.2) is 46.0 Å². The van der Waals surface area contributed by atoms with Crippen LogP contribution >= 0.6 is 27.7 Å². The van der Waals surface area contributed by atoms with Gasteiger partial charge < -0.3 is 5.32 Å². The molecule has 0 aliphatic rings. The molecule has 0 unspecified atom stereocenters. The molecule has 9 heteroatoms. The van der Waals surface area contributed by atoms with E-state index in [-0.39, 0.29) is 17.3 Å². The zero-order chi connectivity index (χ0) is 18.7. The van der Waals surface area contributed by atoms with E-state index >= 15 is 0 Å². The van der Waals surface area contributed by atoms with Gasteiger partial charge in [-0.25, -0.2) is 4.39 Å². The Balaban J connectivity index is 1.71. The van der Waals surface area contributed by atoms with Crippen LogP contribution in [0.4, 0.5) is 10.1 Å². The second-order valence-corrected chi connectivity index (χ2v) is 7.43. The Morgan fingerprint density at radius 3 is 2.69 bits per heavy atom. The number of rotatable bonds is 5. The normalized spacial score (nSPS) is 10.8. The fraction of sp³-hybridized carbons (Fsp3) is 0.176. The molecule has 134 valence electrons. The smallest absolute Gasteiger partial charge is 0.234 e. The van der Waals surface area contributed by atoms with Crippen molar-refractivity contribution in [1.29, 1.82) is 0 Å². The number of amides is 1. The first-order chi connectivity index (χ1) is 12.5. The van der Waals surface area contributed by atoms with Crippen LogP contribution in [0.3, 0.4) is 0 Å². The minimum Gasteiger partial charge on any atom is -0.323 e. The summed E-state index contributed by atoms with van der Waals surface area (Å²) in [6.07, 6.45) is 0. The summed E-state index contributed by atoms with van der Waals surface area (Å²) in [5, 5.41) is 14.8. The number of aryl methyl sites for hydroxylation is 2. The van der Waals surface area contributed by atoms with E-state index in [1.165, 1.54) is 23.9 Å². The topological polar surface area (TPSA) is 72.7 Å². The van der Waals surface area contributed by atoms with E-state index in [0.29, 0.717) is 9.63 Å². The van der Waals surface area contributed by atoms with Crippen molar-refractivity contribution < 1.29 is 9.18 Å². The van der Waals surface area contributed by atoms with Crippen LogP contribution in [0.2, 0.25) is 0 Å². The van der Waals surface area contributed by atoms with Crippen molar-refractivity contribution in [2.75, 3.05) is 11.1 Å². The SMILES string of the molecule is Cc1cccc(C)c1-n1nnnc1SCC(=O)Nc1ccc(Br)cc1F. The van der Waals surface area contributed by atoms with Gasteiger partial charge in [-0.1, -0.05) is 45.9 Å². The lowest BCUT2D eigenvalue weighted by atomic mass is 10.1. The van der Waals surface area contributed by atoms with Gasteiger partial charge in [0.15, 0.2) is 0 Å². The minimum atomic E-state index is -0.502. The van der Waals surface area contributed by atoms with Crippen molar-refractivity contribution >= 4 is 39.3 Å². The van der Waals surface area contributed by atoms with Gasteiger partial charge in [-0.2, -0.15) is 4.68 Å². The Hall–Kier alpha value is -2.26. The Labute approximate surface area is 162 Å². The van der Waals surface area contributed by atoms with Crippen LogP contribution in [-0.4, -0.2) is 31.9 Å². The molecular formula is C17H15BrFN5OS. The van der Waals surface area contributed by atoms with Gasteiger partial charge in [-0.3, -0.25) is 4.79 Å². The number of thioether (sulfide) groups is 1. The molecule has 0 bridgehead atoms. The summed E-state index contributed by atoms with van der Waals surface area (Å²) in [4.78, 5) is 12.1. The summed E-state index contributed by atoms with van der Waals surface area (Å²) in [5.74, 6) is -0.786. The standard InChI is InChI=1S/C17H15BrFN5OS/c1-10-4-3-5-11(2)16(10)24-17(21-22-23-24)26-9-15(25)20-14-7-6-12(18)8-13(14)19/h3-8H,9H2,1-2H3,(H,20,25). The molecule has 0 saturated heterocycles. The summed E-state index contributed by atoms with van der Waals surface area (Å²) in [6, 6.07) is 10.4. The van der Waals surface area contributed by atoms with Gasteiger partial charge in [0.2, 0.25) is 11.1 Å². The second-order valence-electron chi connectivity index (χ2n) is 5.57. The number of para-hydroxylation sites is 1. The fourth-order valence-electron chi connectivity index (χ4n) is 2.46. The lowest BCUT2D eigenvalue weighted by Crippen LogP contribution is -2.15. The van der Waals surface area contributed by atoms with Crippen LogP contribution in [0.5, 0.6) is 0 Å². The molecule has 1 heterocycles. The summed E-state index contributed by atoms with van der Waals surface area (Å²) in [6.45, 7) is 3.95. The van der Waals surface area contributed by atoms with Gasteiger partial charge in [0.1, 0.15) is 5.82 Å². The van der Waals surface area contributed by atoms with E-state index in [2.05, 4.69) is 36.8 Å². The van der Waals surface area contributed by atoms with Crippen LogP contribution in [-0.2, 0) is 4.79 Å². The highest BCUT2D eigenvalue weighted by molar-refractivity contribution is 9.10. The first kappa shape index (κ1) is 18.5. The molecular weight excluding hydrogens is 421 g/mol. The molecule has 1 amide bonds. The summed E-state index contributed by atoms with van der Waals surface area (Å²) < 4.78 is 16.0. The number of carbonyl (C=O) groups is 1. The van der Waals surface area contributed by atoms with Crippen LogP contribution in [0, 0.1) is 19.7 Å². The molecule has 0 fully saturated rings. The molecule has 0 atom stereocenters. The van der Waals surface area contributed by atoms with Crippen LogP contribution in [0.1, 0.15) is 11.1 Å². The van der Waals surface area contributed by atoms with Gasteiger partial charge in [0, 0.05) is 4.47 Å². The third-order valence-corrected chi connectivity index (χ3v) is 5.04. The Morgan fingerprint density at radius 1 is 1.27 bits per heavy atom. The lowest BCUT2D eigenvalue weighted by molar-refractivity contribution is -0.113. The molecule has 3 rings (SSSR count). The van der Waals surface area contributed by atoms with Crippen molar-refractivity contribution in [3.8, 4) is 5.69 Å². The molecule has 0 aliphatic heterocycles. The predicted octanol–water partition coefficient (Wildman–Crippen LogP) is 3.91. The minimum absolute atomic E-state index is 0.0564. The van der Waals surface area contributed by atoms with Crippen molar-refractivity contribution in [2.24, 2.45) is 0 Å². The van der Waals surface area contributed by atoms with Crippen molar-refractivity contribution in [1.82, 2.24) is 20.2 Å². The number of nitrogens with one attached hydrogen (secondary N) is 1. The molecule has 6 nitrogen and oxygen atoms in total. The molecule has 2 aromatic carbocycles. The summed E-state index contributed by atoms with van der Waals surface area (Å²) >= 11 is 4.36. The van der Waals surface area contributed by atoms with E-state index in [1.807, 2.05) is 32.0 Å². The maximum atomic E-state index is 13.8. The fourth-order valence-corrected chi connectivity index (χ4v) is 3.47. The van der Waals surface area contributed by atoms with Gasteiger partial charge >= 0.3 is 0 Å². The van der Waals surface area contributed by atoms with Crippen molar-refractivity contribution in [3.05, 3.63) is 57.8 Å². The Bertz CT molecular complexity index is 942. The number of hydrogen-bond donors (Lipinski definition) is 1. The van der Waals surface area contributed by atoms with Crippen LogP contribution in [0.25, 0.3) is 5.69 Å². The lowest BCUT2D eigenvalue weighted by Gasteiger charge is -2.10. The maximum Gasteiger partial charge on any atom is 0.234 e. The third-order valence-electron chi connectivity index (χ3n) is 3.63. The average molecular weight is 436 g/mol. The zero-order valence-corrected chi connectivity index (χ0v) is 16.4. The highest BCUT2D eigenvalue weighted by Crippen LogP contribution is 2.24. The van der Waals surface area contributed by atoms with E-state index in [4.69, 9.17) is 0 Å². The quantitative estimate of drug-likeness (QED) is 0.614. The largest absolute Gasteiger partial charge is 0.323 e.